The van der Waals surface area contributed by atoms with Crippen LogP contribution in [0.5, 0.6) is 0 Å². The first kappa shape index (κ1) is 19.8. The first-order valence-corrected chi connectivity index (χ1v) is 10.6. The lowest BCUT2D eigenvalue weighted by Crippen LogP contribution is -2.50. The predicted octanol–water partition coefficient (Wildman–Crippen LogP) is 1.96. The Labute approximate surface area is 164 Å². The summed E-state index contributed by atoms with van der Waals surface area (Å²) < 4.78 is 26.7. The van der Waals surface area contributed by atoms with Crippen LogP contribution in [0.3, 0.4) is 0 Å². The van der Waals surface area contributed by atoms with Crippen LogP contribution in [0, 0.1) is 0 Å². The highest BCUT2D eigenvalue weighted by molar-refractivity contribution is 7.89. The Bertz CT molecular complexity index is 882. The van der Waals surface area contributed by atoms with Crippen LogP contribution in [0.1, 0.15) is 5.56 Å². The zero-order valence-electron chi connectivity index (χ0n) is 14.8. The standard InChI is InChI=1S/C19H22ClN3O3S/c20-17-6-4-5-16(13-17)14-21-19(24)15-22-9-11-23(12-10-22)27(25,26)18-7-2-1-3-8-18/h1-8,13H,9-12,14-15H2,(H,21,24). The second-order valence-electron chi connectivity index (χ2n) is 6.40. The Morgan fingerprint density at radius 2 is 1.70 bits per heavy atom. The van der Waals surface area contributed by atoms with Crippen LogP contribution in [-0.4, -0.2) is 56.3 Å². The summed E-state index contributed by atoms with van der Waals surface area (Å²) in [6.45, 7) is 2.46. The molecule has 0 saturated carbocycles. The maximum atomic E-state index is 12.6. The summed E-state index contributed by atoms with van der Waals surface area (Å²) in [5.74, 6) is -0.0886. The van der Waals surface area contributed by atoms with E-state index in [1.807, 2.05) is 23.1 Å². The third-order valence-electron chi connectivity index (χ3n) is 4.46. The lowest BCUT2D eigenvalue weighted by Gasteiger charge is -2.33. The van der Waals surface area contributed by atoms with E-state index in [1.54, 1.807) is 36.4 Å². The minimum Gasteiger partial charge on any atom is -0.351 e. The topological polar surface area (TPSA) is 69.7 Å². The number of benzene rings is 2. The van der Waals surface area contributed by atoms with Crippen LogP contribution in [0.2, 0.25) is 5.02 Å². The molecule has 144 valence electrons. The third kappa shape index (κ3) is 5.29. The van der Waals surface area contributed by atoms with Crippen molar-refractivity contribution in [2.75, 3.05) is 32.7 Å². The van der Waals surface area contributed by atoms with Crippen LogP contribution in [0.15, 0.2) is 59.5 Å². The molecule has 0 spiro atoms. The van der Waals surface area contributed by atoms with Crippen molar-refractivity contribution in [3.63, 3.8) is 0 Å². The van der Waals surface area contributed by atoms with Gasteiger partial charge >= 0.3 is 0 Å². The predicted molar refractivity (Wildman–Crippen MR) is 105 cm³/mol. The largest absolute Gasteiger partial charge is 0.351 e. The monoisotopic (exact) mass is 407 g/mol. The summed E-state index contributed by atoms with van der Waals surface area (Å²) in [5, 5.41) is 3.51. The highest BCUT2D eigenvalue weighted by atomic mass is 35.5. The molecule has 1 heterocycles. The van der Waals surface area contributed by atoms with Crippen molar-refractivity contribution < 1.29 is 13.2 Å². The van der Waals surface area contributed by atoms with E-state index in [0.717, 1.165) is 5.56 Å². The van der Waals surface area contributed by atoms with Crippen LogP contribution in [0.4, 0.5) is 0 Å². The molecule has 0 radical (unpaired) electrons. The fourth-order valence-corrected chi connectivity index (χ4v) is 4.63. The molecule has 1 aliphatic rings. The van der Waals surface area contributed by atoms with Gasteiger partial charge in [-0.3, -0.25) is 9.69 Å². The van der Waals surface area contributed by atoms with E-state index in [4.69, 9.17) is 11.6 Å². The minimum absolute atomic E-state index is 0.0886. The molecule has 0 bridgehead atoms. The second-order valence-corrected chi connectivity index (χ2v) is 8.77. The molecule has 2 aromatic carbocycles. The van der Waals surface area contributed by atoms with Gasteiger partial charge in [-0.2, -0.15) is 4.31 Å². The number of halogens is 1. The Kier molecular flexibility index (Phi) is 6.49. The number of hydrogen-bond donors (Lipinski definition) is 1. The number of carbonyl (C=O) groups is 1. The Morgan fingerprint density at radius 3 is 2.37 bits per heavy atom. The van der Waals surface area contributed by atoms with Gasteiger partial charge < -0.3 is 5.32 Å². The van der Waals surface area contributed by atoms with Crippen LogP contribution in [-0.2, 0) is 21.4 Å². The summed E-state index contributed by atoms with van der Waals surface area (Å²) in [7, 11) is -3.47. The molecular formula is C19H22ClN3O3S. The van der Waals surface area contributed by atoms with Gasteiger partial charge in [-0.1, -0.05) is 41.9 Å². The van der Waals surface area contributed by atoms with E-state index >= 15 is 0 Å². The number of hydrogen-bond acceptors (Lipinski definition) is 4. The zero-order valence-corrected chi connectivity index (χ0v) is 16.4. The lowest BCUT2D eigenvalue weighted by atomic mass is 10.2. The number of amides is 1. The second kappa shape index (κ2) is 8.84. The molecule has 3 rings (SSSR count). The van der Waals surface area contributed by atoms with E-state index in [1.165, 1.54) is 4.31 Å². The summed E-state index contributed by atoms with van der Waals surface area (Å²) in [4.78, 5) is 14.4. The van der Waals surface area contributed by atoms with Gasteiger partial charge in [0, 0.05) is 37.7 Å². The van der Waals surface area contributed by atoms with E-state index in [2.05, 4.69) is 5.32 Å². The fourth-order valence-electron chi connectivity index (χ4n) is 2.98. The number of nitrogens with zero attached hydrogens (tertiary/aromatic N) is 2. The van der Waals surface area contributed by atoms with Crippen LogP contribution in [0.25, 0.3) is 0 Å². The van der Waals surface area contributed by atoms with Gasteiger partial charge in [0.05, 0.1) is 11.4 Å². The molecule has 27 heavy (non-hydrogen) atoms. The molecule has 2 aromatic rings. The average Bonchev–Trinajstić information content (AvgIpc) is 2.68. The molecule has 1 amide bonds. The van der Waals surface area contributed by atoms with Gasteiger partial charge in [-0.05, 0) is 29.8 Å². The maximum absolute atomic E-state index is 12.6. The first-order valence-electron chi connectivity index (χ1n) is 8.74. The van der Waals surface area contributed by atoms with E-state index in [0.29, 0.717) is 42.6 Å². The van der Waals surface area contributed by atoms with E-state index < -0.39 is 10.0 Å². The summed E-state index contributed by atoms with van der Waals surface area (Å²) >= 11 is 5.94. The van der Waals surface area contributed by atoms with Crippen LogP contribution >= 0.6 is 11.6 Å². The van der Waals surface area contributed by atoms with E-state index in [-0.39, 0.29) is 12.5 Å². The highest BCUT2D eigenvalue weighted by Gasteiger charge is 2.28. The summed E-state index contributed by atoms with van der Waals surface area (Å²) in [5.41, 5.74) is 0.939. The SMILES string of the molecule is O=C(CN1CCN(S(=O)(=O)c2ccccc2)CC1)NCc1cccc(Cl)c1. The van der Waals surface area contributed by atoms with E-state index in [9.17, 15) is 13.2 Å². The van der Waals surface area contributed by atoms with Gasteiger partial charge in [0.25, 0.3) is 0 Å². The number of rotatable bonds is 6. The van der Waals surface area contributed by atoms with Crippen molar-refractivity contribution in [2.45, 2.75) is 11.4 Å². The molecule has 1 fully saturated rings. The molecule has 1 saturated heterocycles. The van der Waals surface area contributed by atoms with Gasteiger partial charge in [-0.15, -0.1) is 0 Å². The first-order chi connectivity index (χ1) is 12.9. The molecular weight excluding hydrogens is 386 g/mol. The van der Waals surface area contributed by atoms with Crippen molar-refractivity contribution in [1.29, 1.82) is 0 Å². The molecule has 0 aliphatic carbocycles. The van der Waals surface area contributed by atoms with Crippen molar-refractivity contribution in [2.24, 2.45) is 0 Å². The Balaban J connectivity index is 1.47. The molecule has 1 aliphatic heterocycles. The number of nitrogens with one attached hydrogen (secondary N) is 1. The number of piperazine rings is 1. The molecule has 1 N–H and O–H groups in total. The third-order valence-corrected chi connectivity index (χ3v) is 6.61. The van der Waals surface area contributed by atoms with Crippen LogP contribution < -0.4 is 5.32 Å². The molecule has 0 atom stereocenters. The highest BCUT2D eigenvalue weighted by Crippen LogP contribution is 2.17. The average molecular weight is 408 g/mol. The molecule has 0 unspecified atom stereocenters. The van der Waals surface area contributed by atoms with Gasteiger partial charge in [0.1, 0.15) is 0 Å². The smallest absolute Gasteiger partial charge is 0.243 e. The molecule has 6 nitrogen and oxygen atoms in total. The zero-order chi connectivity index (χ0) is 19.3. The quantitative estimate of drug-likeness (QED) is 0.794. The summed E-state index contributed by atoms with van der Waals surface area (Å²) in [6.07, 6.45) is 0. The molecule has 0 aromatic heterocycles. The van der Waals surface area contributed by atoms with Crippen molar-refractivity contribution in [3.05, 3.63) is 65.2 Å². The minimum atomic E-state index is -3.47. The van der Waals surface area contributed by atoms with Crippen molar-refractivity contribution in [3.8, 4) is 0 Å². The van der Waals surface area contributed by atoms with Crippen molar-refractivity contribution >= 4 is 27.5 Å². The fraction of sp³-hybridized carbons (Fsp3) is 0.316. The number of carbonyl (C=O) groups excluding carboxylic acids is 1. The van der Waals surface area contributed by atoms with Gasteiger partial charge in [0.2, 0.25) is 15.9 Å². The van der Waals surface area contributed by atoms with Gasteiger partial charge in [0.15, 0.2) is 0 Å². The number of sulfonamides is 1. The molecule has 8 heteroatoms. The Hall–Kier alpha value is -1.93. The lowest BCUT2D eigenvalue weighted by molar-refractivity contribution is -0.122. The Morgan fingerprint density at radius 1 is 1.00 bits per heavy atom. The maximum Gasteiger partial charge on any atom is 0.243 e. The van der Waals surface area contributed by atoms with Crippen molar-refractivity contribution in [1.82, 2.24) is 14.5 Å². The summed E-state index contributed by atoms with van der Waals surface area (Å²) in [6, 6.07) is 15.8. The normalized spacial score (nSPS) is 16.2. The van der Waals surface area contributed by atoms with Gasteiger partial charge in [-0.25, -0.2) is 8.42 Å².